The van der Waals surface area contributed by atoms with E-state index in [1.165, 1.54) is 30.4 Å². The molecular formula is C20H34. The number of benzene rings is 1. The minimum atomic E-state index is 1.16. The topological polar surface area (TPSA) is 0 Å². The molecule has 0 heteroatoms. The summed E-state index contributed by atoms with van der Waals surface area (Å²) in [5.41, 5.74) is 2.94. The SMILES string of the molecule is C1=CC(CCc2ccccc2)=CCC1.CC.CC.CC. The van der Waals surface area contributed by atoms with Crippen LogP contribution in [0.1, 0.15) is 66.4 Å². The fourth-order valence-corrected chi connectivity index (χ4v) is 1.79. The van der Waals surface area contributed by atoms with Crippen molar-refractivity contribution in [3.05, 3.63) is 59.7 Å². The fourth-order valence-electron chi connectivity index (χ4n) is 1.79. The summed E-state index contributed by atoms with van der Waals surface area (Å²) >= 11 is 0. The van der Waals surface area contributed by atoms with Gasteiger partial charge in [-0.15, -0.1) is 0 Å². The highest BCUT2D eigenvalue weighted by Gasteiger charge is 1.98. The van der Waals surface area contributed by atoms with E-state index < -0.39 is 0 Å². The number of rotatable bonds is 3. The minimum Gasteiger partial charge on any atom is -0.0840 e. The van der Waals surface area contributed by atoms with Gasteiger partial charge in [-0.3, -0.25) is 0 Å². The first-order chi connectivity index (χ1) is 9.95. The zero-order chi connectivity index (χ0) is 15.6. The van der Waals surface area contributed by atoms with E-state index in [0.29, 0.717) is 0 Å². The van der Waals surface area contributed by atoms with Crippen LogP contribution in [0.25, 0.3) is 0 Å². The van der Waals surface area contributed by atoms with Crippen LogP contribution in [-0.4, -0.2) is 0 Å². The van der Waals surface area contributed by atoms with E-state index in [0.717, 1.165) is 6.42 Å². The molecule has 2 rings (SSSR count). The van der Waals surface area contributed by atoms with Crippen LogP contribution in [0.2, 0.25) is 0 Å². The van der Waals surface area contributed by atoms with Gasteiger partial charge in [-0.25, -0.2) is 0 Å². The molecule has 114 valence electrons. The van der Waals surface area contributed by atoms with Crippen molar-refractivity contribution in [2.45, 2.75) is 67.2 Å². The molecule has 0 aromatic heterocycles. The van der Waals surface area contributed by atoms with Gasteiger partial charge < -0.3 is 0 Å². The fraction of sp³-hybridized carbons (Fsp3) is 0.500. The third kappa shape index (κ3) is 10.6. The molecule has 0 spiro atoms. The van der Waals surface area contributed by atoms with Crippen LogP contribution in [0.5, 0.6) is 0 Å². The average molecular weight is 274 g/mol. The summed E-state index contributed by atoms with van der Waals surface area (Å²) in [5.74, 6) is 0. The second kappa shape index (κ2) is 17.7. The van der Waals surface area contributed by atoms with Crippen molar-refractivity contribution in [3.8, 4) is 0 Å². The van der Waals surface area contributed by atoms with Crippen LogP contribution in [0, 0.1) is 0 Å². The van der Waals surface area contributed by atoms with Gasteiger partial charge in [0.2, 0.25) is 0 Å². The lowest BCUT2D eigenvalue weighted by atomic mass is 10.00. The lowest BCUT2D eigenvalue weighted by Gasteiger charge is -2.06. The summed E-state index contributed by atoms with van der Waals surface area (Å²) in [5, 5.41) is 0. The second-order valence-corrected chi connectivity index (χ2v) is 3.74. The Balaban J connectivity index is 0. The number of aryl methyl sites for hydroxylation is 1. The smallest absolute Gasteiger partial charge is 0.0238 e. The first-order valence-electron chi connectivity index (χ1n) is 8.34. The first-order valence-corrected chi connectivity index (χ1v) is 8.34. The molecule has 20 heavy (non-hydrogen) atoms. The molecule has 0 unspecified atom stereocenters. The molecule has 0 fully saturated rings. The lowest BCUT2D eigenvalue weighted by molar-refractivity contribution is 0.920. The van der Waals surface area contributed by atoms with Crippen LogP contribution < -0.4 is 0 Å². The Morgan fingerprint density at radius 2 is 1.35 bits per heavy atom. The minimum absolute atomic E-state index is 1.16. The van der Waals surface area contributed by atoms with Crippen molar-refractivity contribution in [2.24, 2.45) is 0 Å². The van der Waals surface area contributed by atoms with Crippen LogP contribution in [-0.2, 0) is 6.42 Å². The van der Waals surface area contributed by atoms with E-state index in [9.17, 15) is 0 Å². The maximum Gasteiger partial charge on any atom is -0.0238 e. The first kappa shape index (κ1) is 21.0. The molecule has 1 aliphatic rings. The maximum absolute atomic E-state index is 2.36. The van der Waals surface area contributed by atoms with Crippen molar-refractivity contribution in [1.29, 1.82) is 0 Å². The Hall–Kier alpha value is -1.30. The normalized spacial score (nSPS) is 11.6. The molecule has 0 aliphatic heterocycles. The standard InChI is InChI=1S/C14H16.3C2H6/c1-3-7-13(8-4-1)11-12-14-9-5-2-6-10-14;3*1-2/h1,3-5,7-10H,2,6,11-12H2;3*1-2H3. The van der Waals surface area contributed by atoms with E-state index in [4.69, 9.17) is 0 Å². The molecule has 0 bridgehead atoms. The number of hydrogen-bond donors (Lipinski definition) is 0. The highest BCUT2D eigenvalue weighted by molar-refractivity contribution is 5.24. The van der Waals surface area contributed by atoms with Gasteiger partial charge in [-0.1, -0.05) is 95.7 Å². The van der Waals surface area contributed by atoms with Crippen LogP contribution in [0.3, 0.4) is 0 Å². The van der Waals surface area contributed by atoms with Gasteiger partial charge in [0.25, 0.3) is 0 Å². The maximum atomic E-state index is 2.36. The highest BCUT2D eigenvalue weighted by atomic mass is 14.0. The van der Waals surface area contributed by atoms with Crippen molar-refractivity contribution in [3.63, 3.8) is 0 Å². The molecule has 0 atom stereocenters. The monoisotopic (exact) mass is 274 g/mol. The average Bonchev–Trinajstić information content (AvgIpc) is 2.60. The zero-order valence-corrected chi connectivity index (χ0v) is 14.4. The summed E-state index contributed by atoms with van der Waals surface area (Å²) in [6.07, 6.45) is 11.7. The molecule has 0 nitrogen and oxygen atoms in total. The van der Waals surface area contributed by atoms with Crippen molar-refractivity contribution in [2.75, 3.05) is 0 Å². The Morgan fingerprint density at radius 1 is 0.750 bits per heavy atom. The van der Waals surface area contributed by atoms with Gasteiger partial charge in [0, 0.05) is 0 Å². The van der Waals surface area contributed by atoms with Crippen LogP contribution >= 0.6 is 0 Å². The predicted molar refractivity (Wildman–Crippen MR) is 95.3 cm³/mol. The van der Waals surface area contributed by atoms with E-state index in [1.54, 1.807) is 0 Å². The molecule has 1 aromatic rings. The largest absolute Gasteiger partial charge is 0.0840 e. The zero-order valence-electron chi connectivity index (χ0n) is 14.4. The van der Waals surface area contributed by atoms with Gasteiger partial charge in [0.05, 0.1) is 0 Å². The van der Waals surface area contributed by atoms with E-state index >= 15 is 0 Å². The Kier molecular flexibility index (Phi) is 18.6. The van der Waals surface area contributed by atoms with Gasteiger partial charge in [-0.05, 0) is 31.2 Å². The van der Waals surface area contributed by atoms with E-state index in [2.05, 4.69) is 48.6 Å². The van der Waals surface area contributed by atoms with E-state index in [1.807, 2.05) is 41.5 Å². The lowest BCUT2D eigenvalue weighted by Crippen LogP contribution is -1.89. The molecule has 0 radical (unpaired) electrons. The van der Waals surface area contributed by atoms with Crippen LogP contribution in [0.15, 0.2) is 54.1 Å². The van der Waals surface area contributed by atoms with Gasteiger partial charge in [-0.2, -0.15) is 0 Å². The molecule has 0 amide bonds. The molecule has 1 aliphatic carbocycles. The summed E-state index contributed by atoms with van der Waals surface area (Å²) in [6, 6.07) is 10.7. The predicted octanol–water partition coefficient (Wildman–Crippen LogP) is 6.97. The molecular weight excluding hydrogens is 240 g/mol. The van der Waals surface area contributed by atoms with Gasteiger partial charge in [0.15, 0.2) is 0 Å². The molecule has 1 aromatic carbocycles. The third-order valence-corrected chi connectivity index (χ3v) is 2.62. The van der Waals surface area contributed by atoms with Crippen LogP contribution in [0.4, 0.5) is 0 Å². The molecule has 0 saturated carbocycles. The Bertz CT molecular complexity index is 330. The third-order valence-electron chi connectivity index (χ3n) is 2.62. The quantitative estimate of drug-likeness (QED) is 0.558. The van der Waals surface area contributed by atoms with Gasteiger partial charge >= 0.3 is 0 Å². The molecule has 0 N–H and O–H groups in total. The Morgan fingerprint density at radius 3 is 1.85 bits per heavy atom. The summed E-state index contributed by atoms with van der Waals surface area (Å²) < 4.78 is 0. The summed E-state index contributed by atoms with van der Waals surface area (Å²) in [6.45, 7) is 12.0. The van der Waals surface area contributed by atoms with Crippen molar-refractivity contribution < 1.29 is 0 Å². The second-order valence-electron chi connectivity index (χ2n) is 3.74. The van der Waals surface area contributed by atoms with Gasteiger partial charge in [0.1, 0.15) is 0 Å². The van der Waals surface area contributed by atoms with E-state index in [-0.39, 0.29) is 0 Å². The highest BCUT2D eigenvalue weighted by Crippen LogP contribution is 2.15. The molecule has 0 heterocycles. The summed E-state index contributed by atoms with van der Waals surface area (Å²) in [7, 11) is 0. The number of hydrogen-bond acceptors (Lipinski definition) is 0. The summed E-state index contributed by atoms with van der Waals surface area (Å²) in [4.78, 5) is 0. The van der Waals surface area contributed by atoms with Crippen molar-refractivity contribution in [1.82, 2.24) is 0 Å². The van der Waals surface area contributed by atoms with Crippen molar-refractivity contribution >= 4 is 0 Å². The number of allylic oxidation sites excluding steroid dienone is 4. The molecule has 0 saturated heterocycles. The Labute approximate surface area is 127 Å².